The fourth-order valence-corrected chi connectivity index (χ4v) is 2.24. The summed E-state index contributed by atoms with van der Waals surface area (Å²) in [6.07, 6.45) is -2.17. The first-order valence-corrected chi connectivity index (χ1v) is 5.99. The summed E-state index contributed by atoms with van der Waals surface area (Å²) in [5, 5.41) is 18.6. The molecule has 0 saturated carbocycles. The first kappa shape index (κ1) is 13.4. The lowest BCUT2D eigenvalue weighted by atomic mass is 10.1. The van der Waals surface area contributed by atoms with E-state index in [-0.39, 0.29) is 17.6 Å². The van der Waals surface area contributed by atoms with Gasteiger partial charge in [-0.25, -0.2) is 8.78 Å². The number of carbonyl (C=O) groups is 1. The second kappa shape index (κ2) is 4.91. The summed E-state index contributed by atoms with van der Waals surface area (Å²) < 4.78 is 27.3. The molecule has 2 atom stereocenters. The number of aliphatic hydroxyl groups is 2. The predicted molar refractivity (Wildman–Crippen MR) is 62.0 cm³/mol. The van der Waals surface area contributed by atoms with E-state index in [1.54, 1.807) is 0 Å². The van der Waals surface area contributed by atoms with Gasteiger partial charge >= 0.3 is 0 Å². The van der Waals surface area contributed by atoms with Crippen LogP contribution in [0.25, 0.3) is 0 Å². The monoisotopic (exact) mass is 321 g/mol. The quantitative estimate of drug-likeness (QED) is 0.808. The minimum Gasteiger partial charge on any atom is -0.388 e. The molecule has 98 valence electrons. The number of rotatable bonds is 1. The van der Waals surface area contributed by atoms with Crippen molar-refractivity contribution in [3.8, 4) is 0 Å². The Morgan fingerprint density at radius 3 is 2.11 bits per heavy atom. The summed E-state index contributed by atoms with van der Waals surface area (Å²) in [6, 6.07) is 1.97. The molecule has 1 aliphatic heterocycles. The highest BCUT2D eigenvalue weighted by atomic mass is 79.9. The standard InChI is InChI=1S/C11H10BrF2NO3/c12-5-1-6(13)10(7(14)2-5)11(18)15-3-8(16)9(17)4-15/h1-2,8-9,16-17H,3-4H2. The molecular formula is C11H10BrF2NO3. The van der Waals surface area contributed by atoms with Crippen LogP contribution >= 0.6 is 15.9 Å². The van der Waals surface area contributed by atoms with Crippen LogP contribution in [0.5, 0.6) is 0 Å². The Morgan fingerprint density at radius 2 is 1.67 bits per heavy atom. The van der Waals surface area contributed by atoms with E-state index in [0.717, 1.165) is 17.0 Å². The summed E-state index contributed by atoms with van der Waals surface area (Å²) in [4.78, 5) is 12.9. The summed E-state index contributed by atoms with van der Waals surface area (Å²) in [7, 11) is 0. The van der Waals surface area contributed by atoms with Gasteiger partial charge in [0, 0.05) is 17.6 Å². The average Bonchev–Trinajstić information content (AvgIpc) is 2.57. The van der Waals surface area contributed by atoms with Crippen LogP contribution in [-0.2, 0) is 0 Å². The minimum absolute atomic E-state index is 0.144. The summed E-state index contributed by atoms with van der Waals surface area (Å²) >= 11 is 2.91. The molecule has 1 aliphatic rings. The van der Waals surface area contributed by atoms with Crippen molar-refractivity contribution in [1.82, 2.24) is 4.90 Å². The van der Waals surface area contributed by atoms with Crippen molar-refractivity contribution in [2.75, 3.05) is 13.1 Å². The Morgan fingerprint density at radius 1 is 1.22 bits per heavy atom. The lowest BCUT2D eigenvalue weighted by molar-refractivity contribution is 0.0572. The molecule has 4 nitrogen and oxygen atoms in total. The number of hydrogen-bond acceptors (Lipinski definition) is 3. The van der Waals surface area contributed by atoms with Crippen molar-refractivity contribution < 1.29 is 23.8 Å². The first-order valence-electron chi connectivity index (χ1n) is 5.20. The smallest absolute Gasteiger partial charge is 0.260 e. The van der Waals surface area contributed by atoms with E-state index in [2.05, 4.69) is 15.9 Å². The van der Waals surface area contributed by atoms with Crippen molar-refractivity contribution in [2.45, 2.75) is 12.2 Å². The molecule has 1 fully saturated rings. The van der Waals surface area contributed by atoms with E-state index in [1.807, 2.05) is 0 Å². The Bertz CT molecular complexity index is 464. The topological polar surface area (TPSA) is 60.8 Å². The molecule has 0 spiro atoms. The zero-order valence-corrected chi connectivity index (χ0v) is 10.7. The maximum Gasteiger partial charge on any atom is 0.260 e. The number of benzene rings is 1. The number of aliphatic hydroxyl groups excluding tert-OH is 2. The molecule has 1 aromatic rings. The zero-order chi connectivity index (χ0) is 13.4. The number of amides is 1. The molecule has 2 unspecified atom stereocenters. The number of carbonyl (C=O) groups excluding carboxylic acids is 1. The highest BCUT2D eigenvalue weighted by molar-refractivity contribution is 9.10. The maximum atomic E-state index is 13.6. The van der Waals surface area contributed by atoms with Gasteiger partial charge in [-0.1, -0.05) is 15.9 Å². The Labute approximate surface area is 110 Å². The van der Waals surface area contributed by atoms with Gasteiger partial charge < -0.3 is 15.1 Å². The van der Waals surface area contributed by atoms with E-state index in [9.17, 15) is 23.8 Å². The second-order valence-corrected chi connectivity index (χ2v) is 5.00. The van der Waals surface area contributed by atoms with Crippen LogP contribution in [0.2, 0.25) is 0 Å². The molecule has 0 aromatic heterocycles. The van der Waals surface area contributed by atoms with Crippen molar-refractivity contribution >= 4 is 21.8 Å². The Balaban J connectivity index is 2.30. The Kier molecular flexibility index (Phi) is 3.65. The fraction of sp³-hybridized carbons (Fsp3) is 0.364. The van der Waals surface area contributed by atoms with Gasteiger partial charge in [-0.3, -0.25) is 4.79 Å². The molecule has 0 bridgehead atoms. The molecule has 18 heavy (non-hydrogen) atoms. The SMILES string of the molecule is O=C(c1c(F)cc(Br)cc1F)N1CC(O)C(O)C1. The number of nitrogens with zero attached hydrogens (tertiary/aromatic N) is 1. The highest BCUT2D eigenvalue weighted by Crippen LogP contribution is 2.22. The minimum atomic E-state index is -1.09. The van der Waals surface area contributed by atoms with E-state index >= 15 is 0 Å². The Hall–Kier alpha value is -1.05. The van der Waals surface area contributed by atoms with Gasteiger partial charge in [0.1, 0.15) is 17.2 Å². The van der Waals surface area contributed by atoms with Crippen LogP contribution in [0.4, 0.5) is 8.78 Å². The van der Waals surface area contributed by atoms with E-state index in [1.165, 1.54) is 0 Å². The molecule has 1 saturated heterocycles. The highest BCUT2D eigenvalue weighted by Gasteiger charge is 2.35. The second-order valence-electron chi connectivity index (χ2n) is 4.09. The van der Waals surface area contributed by atoms with Gasteiger partial charge in [-0.15, -0.1) is 0 Å². The molecule has 1 heterocycles. The van der Waals surface area contributed by atoms with Crippen LogP contribution in [0.3, 0.4) is 0 Å². The molecule has 0 aliphatic carbocycles. The zero-order valence-electron chi connectivity index (χ0n) is 9.11. The molecule has 0 radical (unpaired) electrons. The largest absolute Gasteiger partial charge is 0.388 e. The van der Waals surface area contributed by atoms with Crippen molar-refractivity contribution in [3.63, 3.8) is 0 Å². The summed E-state index contributed by atoms with van der Waals surface area (Å²) in [6.45, 7) is -0.288. The van der Waals surface area contributed by atoms with Crippen molar-refractivity contribution in [3.05, 3.63) is 33.8 Å². The molecule has 2 N–H and O–H groups in total. The molecule has 2 rings (SSSR count). The number of halogens is 3. The van der Waals surface area contributed by atoms with Gasteiger partial charge in [0.05, 0.1) is 12.2 Å². The lowest BCUT2D eigenvalue weighted by Gasteiger charge is -2.16. The average molecular weight is 322 g/mol. The fourth-order valence-electron chi connectivity index (χ4n) is 1.84. The predicted octanol–water partition coefficient (Wildman–Crippen LogP) is 0.905. The van der Waals surface area contributed by atoms with Crippen LogP contribution in [0, 0.1) is 11.6 Å². The summed E-state index contributed by atoms with van der Waals surface area (Å²) in [5.41, 5.74) is -0.681. The third-order valence-electron chi connectivity index (χ3n) is 2.77. The molecule has 7 heteroatoms. The molecular weight excluding hydrogens is 312 g/mol. The van der Waals surface area contributed by atoms with E-state index < -0.39 is 35.3 Å². The van der Waals surface area contributed by atoms with Crippen molar-refractivity contribution in [2.24, 2.45) is 0 Å². The van der Waals surface area contributed by atoms with E-state index in [4.69, 9.17) is 0 Å². The van der Waals surface area contributed by atoms with Gasteiger partial charge in [-0.05, 0) is 12.1 Å². The van der Waals surface area contributed by atoms with Crippen molar-refractivity contribution in [1.29, 1.82) is 0 Å². The van der Waals surface area contributed by atoms with Crippen LogP contribution in [0.15, 0.2) is 16.6 Å². The maximum absolute atomic E-state index is 13.6. The van der Waals surface area contributed by atoms with Gasteiger partial charge in [-0.2, -0.15) is 0 Å². The van der Waals surface area contributed by atoms with Gasteiger partial charge in [0.15, 0.2) is 0 Å². The third kappa shape index (κ3) is 2.38. The number of hydrogen-bond donors (Lipinski definition) is 2. The van der Waals surface area contributed by atoms with Crippen LogP contribution in [-0.4, -0.2) is 46.3 Å². The number of β-amino-alcohol motifs (C(OH)–C–C–N with tert-alkyl or cyclic N) is 2. The number of likely N-dealkylation sites (tertiary alicyclic amines) is 1. The first-order chi connectivity index (χ1) is 8.40. The van der Waals surface area contributed by atoms with E-state index in [0.29, 0.717) is 0 Å². The third-order valence-corrected chi connectivity index (χ3v) is 3.22. The molecule has 1 amide bonds. The van der Waals surface area contributed by atoms with Gasteiger partial charge in [0.25, 0.3) is 5.91 Å². The van der Waals surface area contributed by atoms with Gasteiger partial charge in [0.2, 0.25) is 0 Å². The van der Waals surface area contributed by atoms with Crippen LogP contribution in [0.1, 0.15) is 10.4 Å². The molecule has 1 aromatic carbocycles. The normalized spacial score (nSPS) is 23.5. The summed E-state index contributed by atoms with van der Waals surface area (Å²) in [5.74, 6) is -2.85. The lowest BCUT2D eigenvalue weighted by Crippen LogP contribution is -2.31. The van der Waals surface area contributed by atoms with Crippen LogP contribution < -0.4 is 0 Å².